The van der Waals surface area contributed by atoms with Crippen molar-refractivity contribution in [3.05, 3.63) is 117 Å². The van der Waals surface area contributed by atoms with Gasteiger partial charge in [-0.2, -0.15) is 0 Å². The summed E-state index contributed by atoms with van der Waals surface area (Å²) in [6, 6.07) is 4.22. The van der Waals surface area contributed by atoms with Crippen LogP contribution in [0, 0.1) is 34.1 Å². The van der Waals surface area contributed by atoms with Crippen molar-refractivity contribution < 1.29 is 53.2 Å². The van der Waals surface area contributed by atoms with Crippen LogP contribution < -0.4 is 18.4 Å². The zero-order chi connectivity index (χ0) is 36.0. The van der Waals surface area contributed by atoms with Gasteiger partial charge in [0.05, 0.1) is 0 Å². The quantitative estimate of drug-likeness (QED) is 0.0825. The summed E-state index contributed by atoms with van der Waals surface area (Å²) < 4.78 is 77.9. The summed E-state index contributed by atoms with van der Waals surface area (Å²) >= 11 is -5.24. The van der Waals surface area contributed by atoms with Crippen LogP contribution in [0.4, 0.5) is 28.9 Å². The Balaban J connectivity index is 1.93. The maximum absolute atomic E-state index is 17.1. The van der Waals surface area contributed by atoms with Gasteiger partial charge in [0, 0.05) is 0 Å². The fourth-order valence-corrected chi connectivity index (χ4v) is 14.2. The second kappa shape index (κ2) is 15.8. The minimum absolute atomic E-state index is 0.00843. The molecule has 260 valence electrons. The summed E-state index contributed by atoms with van der Waals surface area (Å²) in [5.74, 6) is -5.44. The monoisotopic (exact) mass is 714 g/mol. The zero-order valence-corrected chi connectivity index (χ0v) is 29.8. The van der Waals surface area contributed by atoms with Gasteiger partial charge < -0.3 is 0 Å². The molecule has 0 atom stereocenters. The number of amides is 2. The molecule has 0 unspecified atom stereocenters. The van der Waals surface area contributed by atoms with Gasteiger partial charge in [-0.05, 0) is 0 Å². The molecule has 0 saturated carbocycles. The first-order chi connectivity index (χ1) is 23.2. The number of carbonyl (C=O) groups is 2. The van der Waals surface area contributed by atoms with Gasteiger partial charge in [-0.15, -0.1) is 0 Å². The van der Waals surface area contributed by atoms with Crippen molar-refractivity contribution in [1.29, 1.82) is 0 Å². The first kappa shape index (κ1) is 38.0. The first-order valence-electron chi connectivity index (χ1n) is 15.9. The third-order valence-electron chi connectivity index (χ3n) is 8.56. The molecule has 49 heavy (non-hydrogen) atoms. The molecule has 2 aliphatic rings. The van der Waals surface area contributed by atoms with Crippen LogP contribution in [0.3, 0.4) is 0 Å². The number of carbonyl (C=O) groups excluding carboxylic acids is 2. The van der Waals surface area contributed by atoms with Crippen molar-refractivity contribution in [3.63, 3.8) is 0 Å². The van der Waals surface area contributed by atoms with E-state index in [0.717, 1.165) is 24.3 Å². The third kappa shape index (κ3) is 7.83. The van der Waals surface area contributed by atoms with E-state index in [1.54, 1.807) is 64.2 Å². The number of ether oxygens (including phenoxy) is 2. The van der Waals surface area contributed by atoms with Gasteiger partial charge in [0.25, 0.3) is 0 Å². The molecule has 2 aromatic carbocycles. The number of allylic oxidation sites excluding steroid dienone is 8. The predicted octanol–water partition coefficient (Wildman–Crippen LogP) is 7.37. The van der Waals surface area contributed by atoms with Crippen molar-refractivity contribution in [3.8, 4) is 0 Å². The van der Waals surface area contributed by atoms with Gasteiger partial charge in [0.15, 0.2) is 0 Å². The van der Waals surface area contributed by atoms with E-state index in [-0.39, 0.29) is 50.6 Å². The van der Waals surface area contributed by atoms with Gasteiger partial charge in [-0.25, -0.2) is 0 Å². The molecular weight excluding hydrogens is 672 g/mol. The summed E-state index contributed by atoms with van der Waals surface area (Å²) in [6.45, 7) is 14.0. The molecule has 0 spiro atoms. The molecule has 11 heteroatoms. The molecule has 0 bridgehead atoms. The summed E-state index contributed by atoms with van der Waals surface area (Å²) in [4.78, 5) is 26.7. The standard InChI is InChI=1S/2C14H16F2NO2.2C5H5.Ti/c2*1-4-7-19-9-14(2,3)13(18)17-12-6-5-10(15)8-11(12)16;2*1-2-4-5-3-1;/h2*4-6H,1,7,9H2,2-3H3,(H,17,18);2*1-3H,4H2;. The molecule has 0 heterocycles. The Morgan fingerprint density at radius 2 is 1.12 bits per heavy atom. The second-order valence-electron chi connectivity index (χ2n) is 13.2. The van der Waals surface area contributed by atoms with Crippen LogP contribution in [-0.4, -0.2) is 38.2 Å². The van der Waals surface area contributed by atoms with Gasteiger partial charge in [-0.3, -0.25) is 0 Å². The van der Waals surface area contributed by atoms with Gasteiger partial charge >= 0.3 is 290 Å². The summed E-state index contributed by atoms with van der Waals surface area (Å²) in [7, 11) is 0. The van der Waals surface area contributed by atoms with Gasteiger partial charge in [-0.1, -0.05) is 0 Å². The minimum atomic E-state index is -5.24. The van der Waals surface area contributed by atoms with E-state index in [0.29, 0.717) is 7.76 Å². The van der Waals surface area contributed by atoms with Crippen molar-refractivity contribution in [1.82, 2.24) is 0 Å². The number of halogens is 4. The Labute approximate surface area is 288 Å². The van der Waals surface area contributed by atoms with E-state index in [1.165, 1.54) is 12.2 Å². The fraction of sp³-hybridized carbons (Fsp3) is 0.316. The molecule has 0 radical (unpaired) electrons. The van der Waals surface area contributed by atoms with Crippen molar-refractivity contribution >= 4 is 30.9 Å². The van der Waals surface area contributed by atoms with Crippen molar-refractivity contribution in [2.75, 3.05) is 37.1 Å². The first-order valence-corrected chi connectivity index (χ1v) is 19.0. The Morgan fingerprint density at radius 3 is 1.45 bits per heavy atom. The average Bonchev–Trinajstić information content (AvgIpc) is 3.79. The SMILES string of the molecule is C=CCOCC(C)(C)C(=O)Nc1ccc(F)[c]([Ti]([C]2=CC=CC2)([C]2=CC=CC2)[c]2c(F)ccc(NC(=O)C(C)(C)COCC=C)c2F)c1F. The molecule has 0 aliphatic heterocycles. The molecule has 2 aliphatic carbocycles. The molecule has 0 aromatic heterocycles. The van der Waals surface area contributed by atoms with E-state index in [1.807, 2.05) is 0 Å². The average molecular weight is 715 g/mol. The number of rotatable bonds is 16. The molecule has 0 fully saturated rings. The maximum atomic E-state index is 17.1. The Hall–Kier alpha value is -3.83. The normalized spacial score (nSPS) is 14.4. The summed E-state index contributed by atoms with van der Waals surface area (Å²) in [5.41, 5.74) is -2.91. The number of anilines is 2. The predicted molar refractivity (Wildman–Crippen MR) is 183 cm³/mol. The molecule has 4 rings (SSSR count). The number of nitrogens with one attached hydrogen (secondary N) is 2. The van der Waals surface area contributed by atoms with E-state index >= 15 is 17.6 Å². The van der Waals surface area contributed by atoms with E-state index in [4.69, 9.17) is 9.47 Å². The second-order valence-corrected chi connectivity index (χ2v) is 19.2. The van der Waals surface area contributed by atoms with Crippen LogP contribution >= 0.6 is 0 Å². The molecule has 2 aromatic rings. The van der Waals surface area contributed by atoms with Crippen LogP contribution in [0.15, 0.2) is 93.8 Å². The number of hydrogen-bond donors (Lipinski definition) is 2. The van der Waals surface area contributed by atoms with E-state index in [2.05, 4.69) is 23.8 Å². The van der Waals surface area contributed by atoms with E-state index in [9.17, 15) is 9.59 Å². The third-order valence-corrected chi connectivity index (χ3v) is 16.5. The van der Waals surface area contributed by atoms with Crippen LogP contribution in [0.25, 0.3) is 0 Å². The van der Waals surface area contributed by atoms with Crippen LogP contribution in [0.1, 0.15) is 40.5 Å². The Kier molecular flexibility index (Phi) is 12.3. The van der Waals surface area contributed by atoms with Crippen LogP contribution in [0.5, 0.6) is 0 Å². The summed E-state index contributed by atoms with van der Waals surface area (Å²) in [5, 5.41) is 5.13. The molecule has 6 nitrogen and oxygen atoms in total. The Bertz CT molecular complexity index is 1630. The van der Waals surface area contributed by atoms with Crippen LogP contribution in [0.2, 0.25) is 0 Å². The zero-order valence-electron chi connectivity index (χ0n) is 28.2. The topological polar surface area (TPSA) is 76.7 Å². The molecular formula is C38H42F4N2O4Ti. The van der Waals surface area contributed by atoms with E-state index < -0.39 is 70.2 Å². The Morgan fingerprint density at radius 1 is 0.735 bits per heavy atom. The molecule has 2 amide bonds. The number of benzene rings is 2. The number of hydrogen-bond acceptors (Lipinski definition) is 4. The van der Waals surface area contributed by atoms with Gasteiger partial charge in [0.2, 0.25) is 0 Å². The fourth-order valence-electron chi connectivity index (χ4n) is 5.92. The van der Waals surface area contributed by atoms with Crippen molar-refractivity contribution in [2.24, 2.45) is 10.8 Å². The summed E-state index contributed by atoms with van der Waals surface area (Å²) in [6.07, 6.45) is 13.7. The molecule has 2 N–H and O–H groups in total. The van der Waals surface area contributed by atoms with Crippen molar-refractivity contribution in [2.45, 2.75) is 40.5 Å². The van der Waals surface area contributed by atoms with Crippen LogP contribution in [-0.2, 0) is 35.7 Å². The molecule has 0 saturated heterocycles. The van der Waals surface area contributed by atoms with Gasteiger partial charge in [0.1, 0.15) is 0 Å².